The summed E-state index contributed by atoms with van der Waals surface area (Å²) in [5, 5.41) is 50.1. The minimum absolute atomic E-state index is 0.0104. The first kappa shape index (κ1) is 21.9. The van der Waals surface area contributed by atoms with Crippen LogP contribution in [0.2, 0.25) is 0 Å². The Labute approximate surface area is 181 Å². The lowest BCUT2D eigenvalue weighted by atomic mass is 10.00. The Morgan fingerprint density at radius 3 is 2.31 bits per heavy atom. The van der Waals surface area contributed by atoms with Crippen molar-refractivity contribution < 1.29 is 44.2 Å². The zero-order chi connectivity index (χ0) is 23.2. The molecule has 1 aliphatic heterocycles. The Kier molecular flexibility index (Phi) is 5.70. The Balaban J connectivity index is 1.90. The van der Waals surface area contributed by atoms with E-state index in [0.717, 1.165) is 0 Å². The third-order valence-electron chi connectivity index (χ3n) is 5.31. The predicted molar refractivity (Wildman–Crippen MR) is 111 cm³/mol. The fourth-order valence-electron chi connectivity index (χ4n) is 3.51. The van der Waals surface area contributed by atoms with Crippen LogP contribution >= 0.6 is 0 Å². The summed E-state index contributed by atoms with van der Waals surface area (Å²) in [6.07, 6.45) is -7.02. The molecule has 0 spiro atoms. The Morgan fingerprint density at radius 2 is 1.66 bits per heavy atom. The molecule has 1 aliphatic rings. The van der Waals surface area contributed by atoms with Gasteiger partial charge in [0.1, 0.15) is 46.5 Å². The molecule has 10 heteroatoms. The van der Waals surface area contributed by atoms with Crippen LogP contribution in [0.15, 0.2) is 45.6 Å². The molecule has 32 heavy (non-hydrogen) atoms. The van der Waals surface area contributed by atoms with Gasteiger partial charge in [-0.2, -0.15) is 0 Å². The van der Waals surface area contributed by atoms with E-state index in [0.29, 0.717) is 5.56 Å². The normalized spacial score (nSPS) is 25.6. The number of ether oxygens (including phenoxy) is 3. The average molecular weight is 446 g/mol. The van der Waals surface area contributed by atoms with Crippen LogP contribution in [-0.4, -0.2) is 63.3 Å². The highest BCUT2D eigenvalue weighted by atomic mass is 16.7. The number of hydrogen-bond acceptors (Lipinski definition) is 10. The second-order valence-corrected chi connectivity index (χ2v) is 7.46. The van der Waals surface area contributed by atoms with E-state index in [1.807, 2.05) is 0 Å². The average Bonchev–Trinajstić information content (AvgIpc) is 2.77. The van der Waals surface area contributed by atoms with E-state index in [-0.39, 0.29) is 28.2 Å². The van der Waals surface area contributed by atoms with Crippen LogP contribution in [-0.2, 0) is 4.74 Å². The van der Waals surface area contributed by atoms with Crippen molar-refractivity contribution in [1.82, 2.24) is 0 Å². The first-order valence-electron chi connectivity index (χ1n) is 9.74. The Bertz CT molecular complexity index is 1190. The number of rotatable bonds is 4. The van der Waals surface area contributed by atoms with Gasteiger partial charge in [0.05, 0.1) is 13.2 Å². The van der Waals surface area contributed by atoms with Gasteiger partial charge < -0.3 is 44.2 Å². The van der Waals surface area contributed by atoms with Gasteiger partial charge in [-0.05, 0) is 31.2 Å². The summed E-state index contributed by atoms with van der Waals surface area (Å²) in [5.41, 5.74) is -0.409. The smallest absolute Gasteiger partial charge is 0.239 e. The highest BCUT2D eigenvalue weighted by Crippen LogP contribution is 2.37. The summed E-state index contributed by atoms with van der Waals surface area (Å²) in [6, 6.07) is 8.36. The zero-order valence-electron chi connectivity index (χ0n) is 17.1. The van der Waals surface area contributed by atoms with E-state index in [1.54, 1.807) is 0 Å². The molecule has 5 atom stereocenters. The number of methoxy groups -OCH3 is 1. The van der Waals surface area contributed by atoms with Gasteiger partial charge in [-0.3, -0.25) is 4.79 Å². The van der Waals surface area contributed by atoms with Gasteiger partial charge in [0.25, 0.3) is 0 Å². The van der Waals surface area contributed by atoms with Crippen LogP contribution in [0.25, 0.3) is 22.3 Å². The number of aliphatic hydroxyl groups excluding tert-OH is 3. The largest absolute Gasteiger partial charge is 0.508 e. The molecule has 0 saturated carbocycles. The SMILES string of the molecule is COc1cc(O)c2c(=O)c(O[C@@H]3OC(C)[C@H](O)C(O)[C@@H]3O)c(-c3ccc(O)cc3)oc2c1. The quantitative estimate of drug-likeness (QED) is 0.393. The van der Waals surface area contributed by atoms with Crippen molar-refractivity contribution in [2.45, 2.75) is 37.6 Å². The van der Waals surface area contributed by atoms with Crippen molar-refractivity contribution in [2.75, 3.05) is 7.11 Å². The number of fused-ring (bicyclic) bond motifs is 1. The maximum Gasteiger partial charge on any atom is 0.239 e. The predicted octanol–water partition coefficient (Wildman–Crippen LogP) is 1.09. The number of aromatic hydroxyl groups is 2. The summed E-state index contributed by atoms with van der Waals surface area (Å²) in [4.78, 5) is 13.3. The van der Waals surface area contributed by atoms with Gasteiger partial charge in [0, 0.05) is 17.7 Å². The van der Waals surface area contributed by atoms with Gasteiger partial charge in [0.2, 0.25) is 17.5 Å². The molecule has 0 aliphatic carbocycles. The molecular weight excluding hydrogens is 424 g/mol. The number of phenols is 2. The summed E-state index contributed by atoms with van der Waals surface area (Å²) in [6.45, 7) is 1.47. The first-order valence-corrected chi connectivity index (χ1v) is 9.74. The molecular formula is C22H22O10. The molecule has 0 bridgehead atoms. The van der Waals surface area contributed by atoms with E-state index in [9.17, 15) is 30.3 Å². The lowest BCUT2D eigenvalue weighted by Gasteiger charge is -2.38. The van der Waals surface area contributed by atoms with Crippen LogP contribution in [0.3, 0.4) is 0 Å². The molecule has 3 aromatic rings. The van der Waals surface area contributed by atoms with Crippen molar-refractivity contribution in [2.24, 2.45) is 0 Å². The molecule has 5 N–H and O–H groups in total. The van der Waals surface area contributed by atoms with Gasteiger partial charge in [-0.1, -0.05) is 0 Å². The molecule has 0 amide bonds. The fourth-order valence-corrected chi connectivity index (χ4v) is 3.51. The van der Waals surface area contributed by atoms with Crippen molar-refractivity contribution in [1.29, 1.82) is 0 Å². The highest BCUT2D eigenvalue weighted by Gasteiger charge is 2.44. The number of aliphatic hydroxyl groups is 3. The lowest BCUT2D eigenvalue weighted by Crippen LogP contribution is -2.58. The highest BCUT2D eigenvalue weighted by molar-refractivity contribution is 5.88. The van der Waals surface area contributed by atoms with E-state index < -0.39 is 47.6 Å². The Morgan fingerprint density at radius 1 is 0.969 bits per heavy atom. The number of benzene rings is 2. The molecule has 1 fully saturated rings. The van der Waals surface area contributed by atoms with Crippen molar-refractivity contribution >= 4 is 11.0 Å². The van der Waals surface area contributed by atoms with Crippen LogP contribution < -0.4 is 14.9 Å². The number of phenolic OH excluding ortho intramolecular Hbond substituents is 2. The summed E-state index contributed by atoms with van der Waals surface area (Å²) in [5.74, 6) is -0.650. The molecule has 2 heterocycles. The number of hydrogen-bond donors (Lipinski definition) is 5. The van der Waals surface area contributed by atoms with Crippen LogP contribution in [0.1, 0.15) is 6.92 Å². The van der Waals surface area contributed by atoms with Crippen LogP contribution in [0.5, 0.6) is 23.0 Å². The molecule has 2 unspecified atom stereocenters. The molecule has 1 aromatic heterocycles. The minimum atomic E-state index is -1.67. The van der Waals surface area contributed by atoms with E-state index >= 15 is 0 Å². The molecule has 4 rings (SSSR count). The fraction of sp³-hybridized carbons (Fsp3) is 0.318. The molecule has 10 nitrogen and oxygen atoms in total. The standard InChI is InChI=1S/C22H22O10/c1-9-16(25)18(27)19(28)22(30-9)32-21-17(26)15-13(24)7-12(29-2)8-14(15)31-20(21)10-3-5-11(23)6-4-10/h3-9,16,18-19,22-25,27-28H,1-2H3/t9?,16-,18?,19-,22-/m0/s1. The summed E-state index contributed by atoms with van der Waals surface area (Å²) in [7, 11) is 1.39. The first-order chi connectivity index (χ1) is 15.2. The van der Waals surface area contributed by atoms with Crippen LogP contribution in [0, 0.1) is 0 Å². The molecule has 1 saturated heterocycles. The second kappa shape index (κ2) is 8.32. The van der Waals surface area contributed by atoms with E-state index in [2.05, 4.69) is 0 Å². The maximum absolute atomic E-state index is 13.3. The second-order valence-electron chi connectivity index (χ2n) is 7.46. The third kappa shape index (κ3) is 3.73. The van der Waals surface area contributed by atoms with Gasteiger partial charge >= 0.3 is 0 Å². The van der Waals surface area contributed by atoms with Gasteiger partial charge in [-0.15, -0.1) is 0 Å². The van der Waals surface area contributed by atoms with E-state index in [1.165, 1.54) is 50.4 Å². The summed E-state index contributed by atoms with van der Waals surface area (Å²) >= 11 is 0. The third-order valence-corrected chi connectivity index (χ3v) is 5.31. The maximum atomic E-state index is 13.3. The van der Waals surface area contributed by atoms with E-state index in [4.69, 9.17) is 18.6 Å². The summed E-state index contributed by atoms with van der Waals surface area (Å²) < 4.78 is 22.1. The van der Waals surface area contributed by atoms with Crippen molar-refractivity contribution in [3.8, 4) is 34.3 Å². The Hall–Kier alpha value is -3.31. The van der Waals surface area contributed by atoms with Gasteiger partial charge in [0.15, 0.2) is 5.76 Å². The van der Waals surface area contributed by atoms with Gasteiger partial charge in [-0.25, -0.2) is 0 Å². The monoisotopic (exact) mass is 446 g/mol. The minimum Gasteiger partial charge on any atom is -0.508 e. The van der Waals surface area contributed by atoms with Crippen molar-refractivity contribution in [3.05, 3.63) is 46.6 Å². The van der Waals surface area contributed by atoms with Crippen LogP contribution in [0.4, 0.5) is 0 Å². The topological polar surface area (TPSA) is 159 Å². The zero-order valence-corrected chi connectivity index (χ0v) is 17.1. The molecule has 2 aromatic carbocycles. The van der Waals surface area contributed by atoms with Crippen molar-refractivity contribution in [3.63, 3.8) is 0 Å². The lowest BCUT2D eigenvalue weighted by molar-refractivity contribution is -0.268. The molecule has 170 valence electrons. The molecule has 0 radical (unpaired) electrons.